The second-order valence-corrected chi connectivity index (χ2v) is 8.76. The number of fused-ring (bicyclic) bond motifs is 1. The first-order valence-corrected chi connectivity index (χ1v) is 11.1. The number of nitrogens with zero attached hydrogens (tertiary/aromatic N) is 1. The molecular formula is C24H26ClN3O3. The Labute approximate surface area is 187 Å². The second kappa shape index (κ2) is 9.10. The van der Waals surface area contributed by atoms with Crippen LogP contribution in [0.15, 0.2) is 48.5 Å². The van der Waals surface area contributed by atoms with Crippen molar-refractivity contribution in [2.24, 2.45) is 0 Å². The summed E-state index contributed by atoms with van der Waals surface area (Å²) in [4.78, 5) is 40.9. The Balaban J connectivity index is 1.58. The third-order valence-corrected chi connectivity index (χ3v) is 6.34. The van der Waals surface area contributed by atoms with Crippen LogP contribution in [0.5, 0.6) is 0 Å². The molecule has 0 unspecified atom stereocenters. The topological polar surface area (TPSA) is 78.5 Å². The zero-order chi connectivity index (χ0) is 22.0. The van der Waals surface area contributed by atoms with Crippen molar-refractivity contribution in [1.29, 1.82) is 0 Å². The van der Waals surface area contributed by atoms with Gasteiger partial charge in [-0.05, 0) is 56.2 Å². The smallest absolute Gasteiger partial charge is 0.254 e. The van der Waals surface area contributed by atoms with Gasteiger partial charge in [0.25, 0.3) is 5.91 Å². The fraction of sp³-hybridized carbons (Fsp3) is 0.375. The second-order valence-electron chi connectivity index (χ2n) is 8.32. The van der Waals surface area contributed by atoms with Gasteiger partial charge in [0.15, 0.2) is 0 Å². The van der Waals surface area contributed by atoms with Gasteiger partial charge >= 0.3 is 0 Å². The van der Waals surface area contributed by atoms with E-state index < -0.39 is 6.04 Å². The van der Waals surface area contributed by atoms with Crippen molar-refractivity contribution < 1.29 is 14.4 Å². The van der Waals surface area contributed by atoms with E-state index in [-0.39, 0.29) is 36.2 Å². The Morgan fingerprint density at radius 3 is 2.45 bits per heavy atom. The zero-order valence-electron chi connectivity index (χ0n) is 17.4. The van der Waals surface area contributed by atoms with E-state index in [9.17, 15) is 14.4 Å². The molecule has 2 aromatic rings. The Morgan fingerprint density at radius 1 is 1.06 bits per heavy atom. The standard InChI is InChI=1S/C24H26ClN3O3/c1-15-6-8-16(9-7-15)24(31)28-20-5-3-2-4-19(20)27-23(30)21(28)14-22(29)26-18-12-10-17(25)11-13-18/h6-13,19-21H,2-5,14H2,1H3,(H,26,29)(H,27,30)/t19-,20+,21-/m1/s1. The van der Waals surface area contributed by atoms with E-state index in [1.54, 1.807) is 41.3 Å². The van der Waals surface area contributed by atoms with Crippen molar-refractivity contribution in [2.75, 3.05) is 5.32 Å². The molecule has 6 nitrogen and oxygen atoms in total. The van der Waals surface area contributed by atoms with E-state index >= 15 is 0 Å². The minimum atomic E-state index is -0.847. The summed E-state index contributed by atoms with van der Waals surface area (Å²) >= 11 is 5.90. The zero-order valence-corrected chi connectivity index (χ0v) is 18.2. The molecule has 2 aliphatic rings. The van der Waals surface area contributed by atoms with Gasteiger partial charge in [-0.15, -0.1) is 0 Å². The van der Waals surface area contributed by atoms with Crippen molar-refractivity contribution in [3.63, 3.8) is 0 Å². The summed E-state index contributed by atoms with van der Waals surface area (Å²) in [6, 6.07) is 13.1. The van der Waals surface area contributed by atoms with E-state index in [1.165, 1.54) is 0 Å². The van der Waals surface area contributed by atoms with Crippen molar-refractivity contribution in [3.05, 3.63) is 64.7 Å². The molecule has 7 heteroatoms. The van der Waals surface area contributed by atoms with Crippen LogP contribution in [0.3, 0.4) is 0 Å². The van der Waals surface area contributed by atoms with E-state index in [2.05, 4.69) is 10.6 Å². The molecule has 31 heavy (non-hydrogen) atoms. The van der Waals surface area contributed by atoms with Crippen LogP contribution in [0.4, 0.5) is 5.69 Å². The minimum absolute atomic E-state index is 0.0637. The van der Waals surface area contributed by atoms with Crippen molar-refractivity contribution in [1.82, 2.24) is 10.2 Å². The number of anilines is 1. The first-order chi connectivity index (χ1) is 14.9. The molecule has 1 heterocycles. The fourth-order valence-electron chi connectivity index (χ4n) is 4.50. The van der Waals surface area contributed by atoms with Gasteiger partial charge in [0.05, 0.1) is 12.5 Å². The normalized spacial score (nSPS) is 23.0. The number of nitrogens with one attached hydrogen (secondary N) is 2. The number of piperazine rings is 1. The number of rotatable bonds is 4. The van der Waals surface area contributed by atoms with Gasteiger partial charge in [-0.2, -0.15) is 0 Å². The summed E-state index contributed by atoms with van der Waals surface area (Å²) in [5.41, 5.74) is 2.19. The van der Waals surface area contributed by atoms with Gasteiger partial charge in [0.1, 0.15) is 6.04 Å². The summed E-state index contributed by atoms with van der Waals surface area (Å²) in [7, 11) is 0. The lowest BCUT2D eigenvalue weighted by molar-refractivity contribution is -0.135. The van der Waals surface area contributed by atoms with Crippen LogP contribution in [0.2, 0.25) is 5.02 Å². The van der Waals surface area contributed by atoms with Crippen LogP contribution in [-0.4, -0.2) is 40.7 Å². The molecular weight excluding hydrogens is 414 g/mol. The van der Waals surface area contributed by atoms with E-state index in [1.807, 2.05) is 19.1 Å². The lowest BCUT2D eigenvalue weighted by Gasteiger charge is -2.48. The molecule has 3 amide bonds. The summed E-state index contributed by atoms with van der Waals surface area (Å²) < 4.78 is 0. The molecule has 0 radical (unpaired) electrons. The van der Waals surface area contributed by atoms with Gasteiger partial charge in [-0.25, -0.2) is 0 Å². The lowest BCUT2D eigenvalue weighted by Crippen LogP contribution is -2.68. The number of hydrogen-bond acceptors (Lipinski definition) is 3. The van der Waals surface area contributed by atoms with Gasteiger partial charge in [-0.3, -0.25) is 14.4 Å². The number of carbonyl (C=O) groups excluding carboxylic acids is 3. The third kappa shape index (κ3) is 4.74. The predicted molar refractivity (Wildman–Crippen MR) is 120 cm³/mol. The fourth-order valence-corrected chi connectivity index (χ4v) is 4.62. The van der Waals surface area contributed by atoms with E-state index in [0.29, 0.717) is 16.3 Å². The maximum Gasteiger partial charge on any atom is 0.254 e. The first-order valence-electron chi connectivity index (χ1n) is 10.7. The highest BCUT2D eigenvalue weighted by Gasteiger charge is 2.46. The Bertz CT molecular complexity index is 975. The van der Waals surface area contributed by atoms with Crippen LogP contribution in [0, 0.1) is 6.92 Å². The molecule has 1 saturated heterocycles. The Morgan fingerprint density at radius 2 is 1.74 bits per heavy atom. The minimum Gasteiger partial charge on any atom is -0.349 e. The summed E-state index contributed by atoms with van der Waals surface area (Å²) in [5.74, 6) is -0.788. The van der Waals surface area contributed by atoms with Crippen molar-refractivity contribution >= 4 is 35.0 Å². The monoisotopic (exact) mass is 439 g/mol. The quantitative estimate of drug-likeness (QED) is 0.757. The summed E-state index contributed by atoms with van der Waals surface area (Å²) in [5, 5.41) is 6.43. The highest BCUT2D eigenvalue weighted by atomic mass is 35.5. The SMILES string of the molecule is Cc1ccc(C(=O)N2[C@H](CC(=O)Nc3ccc(Cl)cc3)C(=O)N[C@@H]3CCCC[C@@H]32)cc1. The van der Waals surface area contributed by atoms with Crippen molar-refractivity contribution in [3.8, 4) is 0 Å². The van der Waals surface area contributed by atoms with Crippen LogP contribution in [0.1, 0.15) is 48.0 Å². The van der Waals surface area contributed by atoms with Gasteiger partial charge in [-0.1, -0.05) is 42.1 Å². The molecule has 2 fully saturated rings. The lowest BCUT2D eigenvalue weighted by atomic mass is 9.84. The molecule has 4 rings (SSSR count). The summed E-state index contributed by atoms with van der Waals surface area (Å²) in [6.45, 7) is 1.96. The van der Waals surface area contributed by atoms with E-state index in [4.69, 9.17) is 11.6 Å². The average Bonchev–Trinajstić information content (AvgIpc) is 2.76. The number of halogens is 1. The maximum absolute atomic E-state index is 13.5. The number of hydrogen-bond donors (Lipinski definition) is 2. The molecule has 0 spiro atoms. The van der Waals surface area contributed by atoms with Crippen LogP contribution < -0.4 is 10.6 Å². The van der Waals surface area contributed by atoms with Gasteiger partial charge < -0.3 is 15.5 Å². The molecule has 3 atom stereocenters. The maximum atomic E-state index is 13.5. The number of aryl methyl sites for hydroxylation is 1. The molecule has 1 aliphatic carbocycles. The third-order valence-electron chi connectivity index (χ3n) is 6.09. The summed E-state index contributed by atoms with van der Waals surface area (Å²) in [6.07, 6.45) is 3.58. The Hall–Kier alpha value is -2.86. The number of benzene rings is 2. The van der Waals surface area contributed by atoms with Crippen LogP contribution in [-0.2, 0) is 9.59 Å². The van der Waals surface area contributed by atoms with Gasteiger partial charge in [0, 0.05) is 22.3 Å². The molecule has 162 valence electrons. The molecule has 0 bridgehead atoms. The first kappa shape index (κ1) is 21.4. The number of carbonyl (C=O) groups is 3. The molecule has 2 aromatic carbocycles. The molecule has 1 saturated carbocycles. The Kier molecular flexibility index (Phi) is 6.28. The van der Waals surface area contributed by atoms with Crippen molar-refractivity contribution in [2.45, 2.75) is 57.2 Å². The molecule has 2 N–H and O–H groups in total. The molecule has 0 aromatic heterocycles. The van der Waals surface area contributed by atoms with Crippen LogP contribution >= 0.6 is 11.6 Å². The highest BCUT2D eigenvalue weighted by molar-refractivity contribution is 6.30. The van der Waals surface area contributed by atoms with E-state index in [0.717, 1.165) is 31.2 Å². The average molecular weight is 440 g/mol. The van der Waals surface area contributed by atoms with Gasteiger partial charge in [0.2, 0.25) is 11.8 Å². The molecule has 1 aliphatic heterocycles. The number of amides is 3. The highest BCUT2D eigenvalue weighted by Crippen LogP contribution is 2.31. The van der Waals surface area contributed by atoms with Crippen LogP contribution in [0.25, 0.3) is 0 Å². The predicted octanol–water partition coefficient (Wildman–Crippen LogP) is 3.93. The largest absolute Gasteiger partial charge is 0.349 e.